The van der Waals surface area contributed by atoms with E-state index in [0.29, 0.717) is 17.6 Å². The van der Waals surface area contributed by atoms with Gasteiger partial charge in [0.1, 0.15) is 17.7 Å². The number of fused-ring (bicyclic) bond motifs is 1. The summed E-state index contributed by atoms with van der Waals surface area (Å²) < 4.78 is 7.15. The zero-order valence-electron chi connectivity index (χ0n) is 14.9. The molecule has 8 nitrogen and oxygen atoms in total. The van der Waals surface area contributed by atoms with Crippen LogP contribution >= 0.6 is 0 Å². The summed E-state index contributed by atoms with van der Waals surface area (Å²) >= 11 is 0. The highest BCUT2D eigenvalue weighted by molar-refractivity contribution is 5.86. The zero-order valence-corrected chi connectivity index (χ0v) is 14.9. The zero-order chi connectivity index (χ0) is 17.4. The monoisotopic (exact) mass is 341 g/mol. The van der Waals surface area contributed by atoms with Crippen LogP contribution in [-0.4, -0.2) is 29.9 Å². The van der Waals surface area contributed by atoms with Gasteiger partial charge in [-0.3, -0.25) is 4.68 Å². The van der Waals surface area contributed by atoms with Gasteiger partial charge in [-0.2, -0.15) is 10.1 Å². The van der Waals surface area contributed by atoms with Gasteiger partial charge in [-0.05, 0) is 26.2 Å². The SMILES string of the molecule is CC[C@H](Nc1nc(C2CCCC2)nc2c1cnn2C)c1nc(C)no1. The molecule has 4 rings (SSSR count). The Balaban J connectivity index is 1.74. The molecule has 0 aromatic carbocycles. The van der Waals surface area contributed by atoms with Crippen molar-refractivity contribution in [2.45, 2.75) is 57.9 Å². The maximum atomic E-state index is 5.35. The lowest BCUT2D eigenvalue weighted by atomic mass is 10.1. The third-order valence-electron chi connectivity index (χ3n) is 4.89. The Kier molecular flexibility index (Phi) is 4.10. The molecule has 0 spiro atoms. The molecular weight excluding hydrogens is 318 g/mol. The van der Waals surface area contributed by atoms with Crippen molar-refractivity contribution < 1.29 is 4.52 Å². The number of hydrogen-bond acceptors (Lipinski definition) is 7. The van der Waals surface area contributed by atoms with Gasteiger partial charge >= 0.3 is 0 Å². The topological polar surface area (TPSA) is 94.6 Å². The van der Waals surface area contributed by atoms with Crippen molar-refractivity contribution in [1.29, 1.82) is 0 Å². The van der Waals surface area contributed by atoms with Crippen molar-refractivity contribution in [2.75, 3.05) is 5.32 Å². The summed E-state index contributed by atoms with van der Waals surface area (Å²) in [6.45, 7) is 3.90. The molecule has 3 heterocycles. The molecule has 0 radical (unpaired) electrons. The molecule has 8 heteroatoms. The van der Waals surface area contributed by atoms with E-state index in [1.165, 1.54) is 12.8 Å². The minimum Gasteiger partial charge on any atom is -0.358 e. The van der Waals surface area contributed by atoms with E-state index in [9.17, 15) is 0 Å². The second kappa shape index (κ2) is 6.42. The van der Waals surface area contributed by atoms with E-state index in [2.05, 4.69) is 27.5 Å². The molecule has 1 fully saturated rings. The normalized spacial score (nSPS) is 16.6. The molecule has 0 saturated heterocycles. The summed E-state index contributed by atoms with van der Waals surface area (Å²) in [7, 11) is 1.91. The molecule has 0 bridgehead atoms. The third-order valence-corrected chi connectivity index (χ3v) is 4.89. The maximum absolute atomic E-state index is 5.35. The van der Waals surface area contributed by atoms with E-state index in [1.54, 1.807) is 4.68 Å². The van der Waals surface area contributed by atoms with Crippen molar-refractivity contribution in [1.82, 2.24) is 29.9 Å². The van der Waals surface area contributed by atoms with Crippen molar-refractivity contribution in [3.8, 4) is 0 Å². The summed E-state index contributed by atoms with van der Waals surface area (Å²) in [6.07, 6.45) is 7.43. The first kappa shape index (κ1) is 16.0. The molecule has 3 aromatic rings. The fraction of sp³-hybridized carbons (Fsp3) is 0.588. The van der Waals surface area contributed by atoms with Crippen molar-refractivity contribution >= 4 is 16.9 Å². The highest BCUT2D eigenvalue weighted by Gasteiger charge is 2.24. The molecule has 1 atom stereocenters. The molecular formula is C17H23N7O. The van der Waals surface area contributed by atoms with Crippen LogP contribution in [-0.2, 0) is 7.05 Å². The highest BCUT2D eigenvalue weighted by atomic mass is 16.5. The van der Waals surface area contributed by atoms with Crippen LogP contribution in [0.4, 0.5) is 5.82 Å². The average Bonchev–Trinajstić information content (AvgIpc) is 3.34. The second-order valence-corrected chi connectivity index (χ2v) is 6.70. The summed E-state index contributed by atoms with van der Waals surface area (Å²) in [5.74, 6) is 3.36. The molecule has 1 aliphatic carbocycles. The van der Waals surface area contributed by atoms with E-state index in [4.69, 9.17) is 14.5 Å². The minimum absolute atomic E-state index is 0.0871. The largest absolute Gasteiger partial charge is 0.358 e. The summed E-state index contributed by atoms with van der Waals surface area (Å²) in [4.78, 5) is 14.0. The van der Waals surface area contributed by atoms with Gasteiger partial charge in [-0.25, -0.2) is 9.97 Å². The number of aromatic nitrogens is 6. The van der Waals surface area contributed by atoms with Crippen LogP contribution in [0.25, 0.3) is 11.0 Å². The van der Waals surface area contributed by atoms with Gasteiger partial charge in [-0.15, -0.1) is 0 Å². The molecule has 0 amide bonds. The molecule has 132 valence electrons. The standard InChI is InChI=1S/C17H23N7O/c1-4-13(17-19-10(2)23-25-17)20-15-12-9-18-24(3)16(12)22-14(21-15)11-7-5-6-8-11/h9,11,13H,4-8H2,1-3H3,(H,20,21,22)/t13-/m0/s1. The maximum Gasteiger partial charge on any atom is 0.249 e. The molecule has 1 aliphatic rings. The predicted octanol–water partition coefficient (Wildman–Crippen LogP) is 3.28. The summed E-state index contributed by atoms with van der Waals surface area (Å²) in [5, 5.41) is 12.6. The lowest BCUT2D eigenvalue weighted by molar-refractivity contribution is 0.356. The molecule has 25 heavy (non-hydrogen) atoms. The Labute approximate surface area is 146 Å². The Morgan fingerprint density at radius 3 is 2.76 bits per heavy atom. The molecule has 1 saturated carbocycles. The van der Waals surface area contributed by atoms with Gasteiger partial charge in [-0.1, -0.05) is 24.9 Å². The van der Waals surface area contributed by atoms with Gasteiger partial charge in [0, 0.05) is 13.0 Å². The third kappa shape index (κ3) is 2.96. The van der Waals surface area contributed by atoms with Crippen molar-refractivity contribution in [3.63, 3.8) is 0 Å². The highest BCUT2D eigenvalue weighted by Crippen LogP contribution is 2.34. The summed E-state index contributed by atoms with van der Waals surface area (Å²) in [6, 6.07) is -0.0871. The van der Waals surface area contributed by atoms with Crippen LogP contribution in [0.2, 0.25) is 0 Å². The number of rotatable bonds is 5. The van der Waals surface area contributed by atoms with E-state index in [-0.39, 0.29) is 6.04 Å². The van der Waals surface area contributed by atoms with Gasteiger partial charge in [0.15, 0.2) is 11.5 Å². The molecule has 1 N–H and O–H groups in total. The number of hydrogen-bond donors (Lipinski definition) is 1. The van der Waals surface area contributed by atoms with Gasteiger partial charge < -0.3 is 9.84 Å². The van der Waals surface area contributed by atoms with Crippen molar-refractivity contribution in [2.24, 2.45) is 7.05 Å². The predicted molar refractivity (Wildman–Crippen MR) is 93.2 cm³/mol. The number of nitrogens with one attached hydrogen (secondary N) is 1. The van der Waals surface area contributed by atoms with E-state index >= 15 is 0 Å². The fourth-order valence-electron chi connectivity index (χ4n) is 3.47. The quantitative estimate of drug-likeness (QED) is 0.761. The van der Waals surface area contributed by atoms with E-state index in [0.717, 1.165) is 41.9 Å². The van der Waals surface area contributed by atoms with E-state index < -0.39 is 0 Å². The van der Waals surface area contributed by atoms with Crippen molar-refractivity contribution in [3.05, 3.63) is 23.7 Å². The first-order valence-electron chi connectivity index (χ1n) is 8.92. The van der Waals surface area contributed by atoms with Gasteiger partial charge in [0.05, 0.1) is 11.6 Å². The molecule has 3 aromatic heterocycles. The lowest BCUT2D eigenvalue weighted by Gasteiger charge is -2.16. The fourth-order valence-corrected chi connectivity index (χ4v) is 3.47. The van der Waals surface area contributed by atoms with Crippen LogP contribution in [0.15, 0.2) is 10.7 Å². The minimum atomic E-state index is -0.0871. The molecule has 0 aliphatic heterocycles. The first-order valence-corrected chi connectivity index (χ1v) is 8.92. The van der Waals surface area contributed by atoms with Crippen LogP contribution in [0, 0.1) is 6.92 Å². The molecule has 0 unspecified atom stereocenters. The van der Waals surface area contributed by atoms with E-state index in [1.807, 2.05) is 20.2 Å². The first-order chi connectivity index (χ1) is 12.2. The number of anilines is 1. The lowest BCUT2D eigenvalue weighted by Crippen LogP contribution is -2.14. The smallest absolute Gasteiger partial charge is 0.249 e. The Bertz CT molecular complexity index is 878. The number of aryl methyl sites for hydroxylation is 2. The van der Waals surface area contributed by atoms with Gasteiger partial charge in [0.2, 0.25) is 5.89 Å². The van der Waals surface area contributed by atoms with Crippen LogP contribution in [0.5, 0.6) is 0 Å². The van der Waals surface area contributed by atoms with Gasteiger partial charge in [0.25, 0.3) is 0 Å². The second-order valence-electron chi connectivity index (χ2n) is 6.70. The van der Waals surface area contributed by atoms with Crippen LogP contribution < -0.4 is 5.32 Å². The number of nitrogens with zero attached hydrogens (tertiary/aromatic N) is 6. The average molecular weight is 341 g/mol. The van der Waals surface area contributed by atoms with Crippen LogP contribution in [0.1, 0.15) is 68.5 Å². The summed E-state index contributed by atoms with van der Waals surface area (Å²) in [5.41, 5.74) is 0.857. The Hall–Kier alpha value is -2.51. The Morgan fingerprint density at radius 2 is 2.08 bits per heavy atom. The van der Waals surface area contributed by atoms with Crippen LogP contribution in [0.3, 0.4) is 0 Å². The Morgan fingerprint density at radius 1 is 1.28 bits per heavy atom.